The highest BCUT2D eigenvalue weighted by molar-refractivity contribution is 6.31. The molecule has 1 heterocycles. The van der Waals surface area contributed by atoms with Crippen LogP contribution in [0.15, 0.2) is 36.4 Å². The van der Waals surface area contributed by atoms with E-state index in [0.29, 0.717) is 23.7 Å². The van der Waals surface area contributed by atoms with Gasteiger partial charge in [0.2, 0.25) is 5.91 Å². The normalized spacial score (nSPS) is 11.1. The minimum absolute atomic E-state index is 0.0665. The van der Waals surface area contributed by atoms with Gasteiger partial charge in [0.25, 0.3) is 0 Å². The van der Waals surface area contributed by atoms with Crippen LogP contribution in [0.4, 0.5) is 0 Å². The number of halogens is 1. The Balaban J connectivity index is 2.07. The van der Waals surface area contributed by atoms with E-state index >= 15 is 0 Å². The van der Waals surface area contributed by atoms with Crippen LogP contribution in [0.1, 0.15) is 12.1 Å². The first-order valence-corrected chi connectivity index (χ1v) is 6.70. The van der Waals surface area contributed by atoms with Crippen LogP contribution in [-0.2, 0) is 4.79 Å². The second-order valence-corrected chi connectivity index (χ2v) is 4.71. The first-order valence-electron chi connectivity index (χ1n) is 6.32. The molecule has 0 aliphatic carbocycles. The molecular formula is C15H15ClN2O2. The van der Waals surface area contributed by atoms with Gasteiger partial charge in [0.05, 0.1) is 11.2 Å². The van der Waals surface area contributed by atoms with E-state index in [9.17, 15) is 4.79 Å². The molecule has 20 heavy (non-hydrogen) atoms. The molecule has 1 aromatic heterocycles. The fourth-order valence-electron chi connectivity index (χ4n) is 1.71. The first-order chi connectivity index (χ1) is 9.69. The third-order valence-electron chi connectivity index (χ3n) is 2.72. The molecule has 0 bridgehead atoms. The van der Waals surface area contributed by atoms with E-state index in [1.54, 1.807) is 12.1 Å². The molecule has 1 aromatic carbocycles. The Morgan fingerprint density at radius 1 is 1.35 bits per heavy atom. The van der Waals surface area contributed by atoms with Crippen molar-refractivity contribution in [1.29, 1.82) is 0 Å². The van der Waals surface area contributed by atoms with Crippen LogP contribution in [0, 0.1) is 0 Å². The van der Waals surface area contributed by atoms with Gasteiger partial charge in [-0.05, 0) is 30.7 Å². The number of hydrogen-bond donors (Lipinski definition) is 2. The van der Waals surface area contributed by atoms with Gasteiger partial charge in [0, 0.05) is 29.6 Å². The molecule has 5 heteroatoms. The lowest BCUT2D eigenvalue weighted by atomic mass is 10.2. The predicted molar refractivity (Wildman–Crippen MR) is 80.5 cm³/mol. The fraction of sp³-hybridized carbons (Fsp3) is 0.200. The molecule has 1 amide bonds. The highest BCUT2D eigenvalue weighted by atomic mass is 35.5. The van der Waals surface area contributed by atoms with Crippen molar-refractivity contribution in [2.45, 2.75) is 6.42 Å². The van der Waals surface area contributed by atoms with Gasteiger partial charge in [-0.3, -0.25) is 4.79 Å². The molecule has 0 saturated heterocycles. The number of pyridine rings is 1. The number of carbonyl (C=O) groups excluding carboxylic acids is 1. The van der Waals surface area contributed by atoms with Crippen LogP contribution >= 0.6 is 11.6 Å². The molecule has 4 nitrogen and oxygen atoms in total. The molecule has 0 spiro atoms. The molecule has 0 aliphatic rings. The summed E-state index contributed by atoms with van der Waals surface area (Å²) >= 11 is 5.93. The zero-order valence-corrected chi connectivity index (χ0v) is 11.6. The fourth-order valence-corrected chi connectivity index (χ4v) is 1.88. The van der Waals surface area contributed by atoms with E-state index in [1.165, 1.54) is 6.08 Å². The zero-order valence-electron chi connectivity index (χ0n) is 10.8. The van der Waals surface area contributed by atoms with Gasteiger partial charge in [-0.15, -0.1) is 0 Å². The summed E-state index contributed by atoms with van der Waals surface area (Å²) in [4.78, 5) is 15.9. The van der Waals surface area contributed by atoms with Crippen molar-refractivity contribution in [1.82, 2.24) is 10.3 Å². The number of nitrogens with zero attached hydrogens (tertiary/aromatic N) is 1. The lowest BCUT2D eigenvalue weighted by Crippen LogP contribution is -2.22. The molecule has 0 fully saturated rings. The van der Waals surface area contributed by atoms with Gasteiger partial charge in [0.15, 0.2) is 0 Å². The topological polar surface area (TPSA) is 62.2 Å². The largest absolute Gasteiger partial charge is 0.396 e. The molecule has 0 saturated carbocycles. The number of nitrogens with one attached hydrogen (secondary N) is 1. The molecule has 104 valence electrons. The summed E-state index contributed by atoms with van der Waals surface area (Å²) in [7, 11) is 0. The Labute approximate surface area is 122 Å². The first kappa shape index (κ1) is 14.5. The van der Waals surface area contributed by atoms with Gasteiger partial charge >= 0.3 is 0 Å². The summed E-state index contributed by atoms with van der Waals surface area (Å²) in [5, 5.41) is 12.9. The molecule has 0 aliphatic heterocycles. The minimum atomic E-state index is -0.202. The average Bonchev–Trinajstić information content (AvgIpc) is 2.45. The molecular weight excluding hydrogens is 276 g/mol. The van der Waals surface area contributed by atoms with E-state index in [1.807, 2.05) is 24.3 Å². The van der Waals surface area contributed by atoms with Crippen molar-refractivity contribution in [3.63, 3.8) is 0 Å². The number of aliphatic hydroxyl groups is 1. The van der Waals surface area contributed by atoms with Crippen LogP contribution in [-0.4, -0.2) is 29.1 Å². The average molecular weight is 291 g/mol. The molecule has 0 atom stereocenters. The third kappa shape index (κ3) is 4.05. The van der Waals surface area contributed by atoms with Crippen molar-refractivity contribution >= 4 is 34.5 Å². The van der Waals surface area contributed by atoms with Crippen molar-refractivity contribution < 1.29 is 9.90 Å². The van der Waals surface area contributed by atoms with Crippen LogP contribution in [0.5, 0.6) is 0 Å². The van der Waals surface area contributed by atoms with E-state index < -0.39 is 0 Å². The SMILES string of the molecule is O=C(/C=C/c1ccc2ccc(Cl)cc2n1)NCCCO. The second kappa shape index (κ2) is 7.03. The number of aromatic nitrogens is 1. The number of carbonyl (C=O) groups is 1. The molecule has 2 rings (SSSR count). The van der Waals surface area contributed by atoms with Crippen molar-refractivity contribution in [2.75, 3.05) is 13.2 Å². The van der Waals surface area contributed by atoms with Crippen LogP contribution in [0.3, 0.4) is 0 Å². The molecule has 2 N–H and O–H groups in total. The summed E-state index contributed by atoms with van der Waals surface area (Å²) in [6.07, 6.45) is 3.62. The van der Waals surface area contributed by atoms with Crippen LogP contribution in [0.25, 0.3) is 17.0 Å². The molecule has 0 radical (unpaired) electrons. The quantitative estimate of drug-likeness (QED) is 0.656. The number of hydrogen-bond acceptors (Lipinski definition) is 3. The number of rotatable bonds is 5. The van der Waals surface area contributed by atoms with Gasteiger partial charge in [-0.2, -0.15) is 0 Å². The minimum Gasteiger partial charge on any atom is -0.396 e. The van der Waals surface area contributed by atoms with E-state index in [4.69, 9.17) is 16.7 Å². The van der Waals surface area contributed by atoms with Crippen molar-refractivity contribution in [3.05, 3.63) is 47.1 Å². The number of aliphatic hydroxyl groups excluding tert-OH is 1. The van der Waals surface area contributed by atoms with Gasteiger partial charge < -0.3 is 10.4 Å². The number of amides is 1. The number of benzene rings is 1. The predicted octanol–water partition coefficient (Wildman–Crippen LogP) is 2.40. The summed E-state index contributed by atoms with van der Waals surface area (Å²) in [6.45, 7) is 0.525. The maximum atomic E-state index is 11.5. The lowest BCUT2D eigenvalue weighted by molar-refractivity contribution is -0.116. The van der Waals surface area contributed by atoms with E-state index in [2.05, 4.69) is 10.3 Å². The molecule has 0 unspecified atom stereocenters. The van der Waals surface area contributed by atoms with Gasteiger partial charge in [-0.25, -0.2) is 4.98 Å². The Morgan fingerprint density at radius 3 is 2.95 bits per heavy atom. The van der Waals surface area contributed by atoms with E-state index in [-0.39, 0.29) is 12.5 Å². The third-order valence-corrected chi connectivity index (χ3v) is 2.95. The van der Waals surface area contributed by atoms with Crippen molar-refractivity contribution in [2.24, 2.45) is 0 Å². The van der Waals surface area contributed by atoms with Crippen LogP contribution in [0.2, 0.25) is 5.02 Å². The van der Waals surface area contributed by atoms with Gasteiger partial charge in [-0.1, -0.05) is 23.7 Å². The second-order valence-electron chi connectivity index (χ2n) is 4.27. The highest BCUT2D eigenvalue weighted by Crippen LogP contribution is 2.18. The number of fused-ring (bicyclic) bond motifs is 1. The van der Waals surface area contributed by atoms with Crippen LogP contribution < -0.4 is 5.32 Å². The zero-order chi connectivity index (χ0) is 14.4. The van der Waals surface area contributed by atoms with E-state index in [0.717, 1.165) is 10.9 Å². The maximum Gasteiger partial charge on any atom is 0.244 e. The lowest BCUT2D eigenvalue weighted by Gasteiger charge is -2.01. The summed E-state index contributed by atoms with van der Waals surface area (Å²) in [6, 6.07) is 9.28. The summed E-state index contributed by atoms with van der Waals surface area (Å²) < 4.78 is 0. The Morgan fingerprint density at radius 2 is 2.15 bits per heavy atom. The van der Waals surface area contributed by atoms with Crippen molar-refractivity contribution in [3.8, 4) is 0 Å². The Kier molecular flexibility index (Phi) is 5.09. The summed E-state index contributed by atoms with van der Waals surface area (Å²) in [5.74, 6) is -0.202. The monoisotopic (exact) mass is 290 g/mol. The Hall–Kier alpha value is -1.91. The Bertz CT molecular complexity index is 641. The summed E-state index contributed by atoms with van der Waals surface area (Å²) in [5.41, 5.74) is 1.48. The van der Waals surface area contributed by atoms with Gasteiger partial charge in [0.1, 0.15) is 0 Å². The smallest absolute Gasteiger partial charge is 0.244 e. The maximum absolute atomic E-state index is 11.5. The highest BCUT2D eigenvalue weighted by Gasteiger charge is 1.98. The molecule has 2 aromatic rings. The standard InChI is InChI=1S/C15H15ClN2O2/c16-12-4-2-11-3-5-13(18-14(11)10-12)6-7-15(20)17-8-1-9-19/h2-7,10,19H,1,8-9H2,(H,17,20)/b7-6+.